The van der Waals surface area contributed by atoms with Crippen LogP contribution < -0.4 is 0 Å². The summed E-state index contributed by atoms with van der Waals surface area (Å²) in [6, 6.07) is 6.78. The molecule has 0 saturated carbocycles. The summed E-state index contributed by atoms with van der Waals surface area (Å²) >= 11 is 1.81. The molecule has 0 aromatic heterocycles. The topological polar surface area (TPSA) is 37.3 Å². The molecule has 1 radical (unpaired) electrons. The molecule has 0 saturated heterocycles. The summed E-state index contributed by atoms with van der Waals surface area (Å²) in [4.78, 5) is 10.3. The van der Waals surface area contributed by atoms with Crippen LogP contribution in [-0.4, -0.2) is 38.3 Å². The van der Waals surface area contributed by atoms with E-state index in [4.69, 9.17) is 5.11 Å². The number of carboxylic acid groups (broad SMARTS) is 1. The number of benzene rings is 1. The Labute approximate surface area is 118 Å². The number of aliphatic carboxylic acids is 1. The Hall–Kier alpha value is -0.472. The van der Waals surface area contributed by atoms with Crippen LogP contribution >= 0.6 is 11.8 Å². The van der Waals surface area contributed by atoms with E-state index in [0.29, 0.717) is 15.8 Å². The van der Waals surface area contributed by atoms with E-state index < -0.39 is 5.97 Å². The van der Waals surface area contributed by atoms with E-state index >= 15 is 0 Å². The average Bonchev–Trinajstić information content (AvgIpc) is 2.32. The van der Waals surface area contributed by atoms with Gasteiger partial charge in [-0.05, 0) is 0 Å². The Morgan fingerprint density at radius 2 is 2.22 bits per heavy atom. The van der Waals surface area contributed by atoms with Crippen LogP contribution in [-0.2, 0) is 11.2 Å². The van der Waals surface area contributed by atoms with Crippen LogP contribution in [0.2, 0.25) is 10.4 Å². The second-order valence-corrected chi connectivity index (χ2v) is 7.77. The minimum absolute atomic E-state index is 0.161. The second kappa shape index (κ2) is 9.46. The van der Waals surface area contributed by atoms with Crippen LogP contribution in [0.15, 0.2) is 24.3 Å². The zero-order valence-corrected chi connectivity index (χ0v) is 12.8. The number of halogens is 1. The molecule has 0 aliphatic carbocycles. The monoisotopic (exact) mass is 331 g/mol. The van der Waals surface area contributed by atoms with Crippen molar-refractivity contribution in [1.82, 2.24) is 0 Å². The number of carbonyl (C=O) groups is 1. The standard InChI is InChI=1S/C13H17AsFO2S/c15-12-5-1-3-11(9-12)4-2-6-14-7-8-18-10-13(16)17/h1,3,5,9H,2,4,6-8,10H2,(H,16,17). The first-order valence-electron chi connectivity index (χ1n) is 5.85. The second-order valence-electron chi connectivity index (χ2n) is 3.85. The van der Waals surface area contributed by atoms with Gasteiger partial charge in [0.05, 0.1) is 0 Å². The van der Waals surface area contributed by atoms with Gasteiger partial charge in [-0.15, -0.1) is 0 Å². The van der Waals surface area contributed by atoms with Gasteiger partial charge in [-0.3, -0.25) is 0 Å². The quantitative estimate of drug-likeness (QED) is 0.558. The van der Waals surface area contributed by atoms with E-state index in [1.54, 1.807) is 12.1 Å². The maximum atomic E-state index is 12.9. The molecule has 1 N–H and O–H groups in total. The average molecular weight is 331 g/mol. The molecule has 99 valence electrons. The normalized spacial score (nSPS) is 11.2. The molecule has 0 amide bonds. The van der Waals surface area contributed by atoms with Gasteiger partial charge in [-0.1, -0.05) is 0 Å². The molecule has 0 atom stereocenters. The van der Waals surface area contributed by atoms with Crippen molar-refractivity contribution < 1.29 is 14.3 Å². The van der Waals surface area contributed by atoms with Gasteiger partial charge in [0.25, 0.3) is 0 Å². The van der Waals surface area contributed by atoms with Crippen molar-refractivity contribution in [2.75, 3.05) is 11.5 Å². The van der Waals surface area contributed by atoms with Crippen LogP contribution in [0.5, 0.6) is 0 Å². The Morgan fingerprint density at radius 3 is 2.94 bits per heavy atom. The summed E-state index contributed by atoms with van der Waals surface area (Å²) in [6.45, 7) is 0. The summed E-state index contributed by atoms with van der Waals surface area (Å²) in [5.41, 5.74) is 1.07. The Morgan fingerprint density at radius 1 is 1.39 bits per heavy atom. The van der Waals surface area contributed by atoms with Crippen LogP contribution in [0.3, 0.4) is 0 Å². The van der Waals surface area contributed by atoms with Crippen LogP contribution in [0.1, 0.15) is 12.0 Å². The zero-order chi connectivity index (χ0) is 13.2. The predicted molar refractivity (Wildman–Crippen MR) is 75.0 cm³/mol. The summed E-state index contributed by atoms with van der Waals surface area (Å²) in [6.07, 6.45) is 2.04. The molecule has 18 heavy (non-hydrogen) atoms. The number of hydrogen-bond donors (Lipinski definition) is 1. The van der Waals surface area contributed by atoms with E-state index in [2.05, 4.69) is 0 Å². The van der Waals surface area contributed by atoms with Crippen molar-refractivity contribution in [3.63, 3.8) is 0 Å². The molecule has 5 heteroatoms. The van der Waals surface area contributed by atoms with Crippen molar-refractivity contribution in [3.8, 4) is 0 Å². The third kappa shape index (κ3) is 7.78. The van der Waals surface area contributed by atoms with Gasteiger partial charge in [-0.25, -0.2) is 0 Å². The van der Waals surface area contributed by atoms with Crippen molar-refractivity contribution in [1.29, 1.82) is 0 Å². The molecule has 1 aromatic rings. The van der Waals surface area contributed by atoms with Gasteiger partial charge in [-0.2, -0.15) is 0 Å². The number of aryl methyl sites for hydroxylation is 1. The number of rotatable bonds is 9. The third-order valence-electron chi connectivity index (χ3n) is 2.29. The van der Waals surface area contributed by atoms with Gasteiger partial charge >= 0.3 is 118 Å². The summed E-state index contributed by atoms with van der Waals surface area (Å²) in [5, 5.41) is 10.8. The number of carboxylic acids is 1. The van der Waals surface area contributed by atoms with Crippen molar-refractivity contribution in [2.45, 2.75) is 23.3 Å². The van der Waals surface area contributed by atoms with E-state index in [1.807, 2.05) is 6.07 Å². The molecule has 0 heterocycles. The van der Waals surface area contributed by atoms with Crippen molar-refractivity contribution >= 4 is 33.5 Å². The van der Waals surface area contributed by atoms with Gasteiger partial charge in [0, 0.05) is 0 Å². The molecular formula is C13H17AsFO2S. The van der Waals surface area contributed by atoms with Crippen LogP contribution in [0, 0.1) is 5.82 Å². The zero-order valence-electron chi connectivity index (χ0n) is 10.1. The summed E-state index contributed by atoms with van der Waals surface area (Å²) in [5.74, 6) is 0.268. The fourth-order valence-electron chi connectivity index (χ4n) is 1.49. The number of thioether (sulfide) groups is 1. The Bertz CT molecular complexity index is 374. The first-order chi connectivity index (χ1) is 8.68. The van der Waals surface area contributed by atoms with Gasteiger partial charge in [0.1, 0.15) is 0 Å². The predicted octanol–water partition coefficient (Wildman–Crippen LogP) is 3.12. The molecule has 1 rings (SSSR count). The van der Waals surface area contributed by atoms with Gasteiger partial charge in [0.2, 0.25) is 0 Å². The first kappa shape index (κ1) is 15.6. The van der Waals surface area contributed by atoms with E-state index in [1.165, 1.54) is 23.0 Å². The molecule has 0 bridgehead atoms. The fourth-order valence-corrected chi connectivity index (χ4v) is 4.96. The van der Waals surface area contributed by atoms with E-state index in [-0.39, 0.29) is 11.6 Å². The van der Waals surface area contributed by atoms with Gasteiger partial charge < -0.3 is 0 Å². The van der Waals surface area contributed by atoms with Crippen molar-refractivity contribution in [2.24, 2.45) is 0 Å². The summed E-state index contributed by atoms with van der Waals surface area (Å²) in [7, 11) is 0. The first-order valence-corrected chi connectivity index (χ1v) is 9.66. The SMILES string of the molecule is O=C(O)CSCC[As]CCCc1cccc(F)c1. The molecule has 0 unspecified atom stereocenters. The third-order valence-corrected chi connectivity index (χ3v) is 6.35. The van der Waals surface area contributed by atoms with E-state index in [0.717, 1.165) is 29.4 Å². The van der Waals surface area contributed by atoms with Crippen LogP contribution in [0.4, 0.5) is 4.39 Å². The Balaban J connectivity index is 1.97. The fraction of sp³-hybridized carbons (Fsp3) is 0.462. The van der Waals surface area contributed by atoms with Crippen LogP contribution in [0.25, 0.3) is 0 Å². The molecule has 0 aliphatic rings. The maximum absolute atomic E-state index is 12.9. The van der Waals surface area contributed by atoms with E-state index in [9.17, 15) is 9.18 Å². The Kier molecular flexibility index (Phi) is 8.19. The van der Waals surface area contributed by atoms with Gasteiger partial charge in [0.15, 0.2) is 0 Å². The molecule has 0 aliphatic heterocycles. The van der Waals surface area contributed by atoms with Crippen molar-refractivity contribution in [3.05, 3.63) is 35.6 Å². The molecule has 0 spiro atoms. The summed E-state index contributed by atoms with van der Waals surface area (Å²) < 4.78 is 12.9. The number of hydrogen-bond acceptors (Lipinski definition) is 2. The molecule has 0 fully saturated rings. The molecular weight excluding hydrogens is 314 g/mol. The molecule has 1 aromatic carbocycles. The molecule has 2 nitrogen and oxygen atoms in total. The minimum atomic E-state index is -0.734.